The first-order chi connectivity index (χ1) is 6.16. The normalized spacial score (nSPS) is 4.77. The molecule has 0 aromatic heterocycles. The molecular weight excluding hydrogens is 287 g/mol. The van der Waals surface area contributed by atoms with Crippen molar-refractivity contribution < 1.29 is 29.7 Å². The van der Waals surface area contributed by atoms with Crippen molar-refractivity contribution in [1.29, 1.82) is 0 Å². The predicted molar refractivity (Wildman–Crippen MR) is 45.7 cm³/mol. The maximum atomic E-state index is 8.24. The van der Waals surface area contributed by atoms with Crippen LogP contribution in [0.25, 0.3) is 0 Å². The summed E-state index contributed by atoms with van der Waals surface area (Å²) in [4.78, 5) is 24.7. The van der Waals surface area contributed by atoms with Crippen LogP contribution in [0.4, 0.5) is 0 Å². The van der Waals surface area contributed by atoms with Gasteiger partial charge in [0.15, 0.2) is 0 Å². The Hall–Kier alpha value is -1.05. The Kier molecular flexibility index (Phi) is 121. The van der Waals surface area contributed by atoms with E-state index in [4.69, 9.17) is 29.7 Å². The van der Waals surface area contributed by atoms with Gasteiger partial charge in [-0.15, -0.1) is 0 Å². The Morgan fingerprint density at radius 1 is 1.08 bits per heavy atom. The number of allylic oxidation sites excluding steroid dienone is 1. The van der Waals surface area contributed by atoms with Gasteiger partial charge in [0.2, 0.25) is 0 Å². The van der Waals surface area contributed by atoms with Crippen LogP contribution in [-0.4, -0.2) is 57.3 Å². The fourth-order valence-electron chi connectivity index (χ4n) is 0. The summed E-state index contributed by atoms with van der Waals surface area (Å²) in [5.41, 5.74) is 0. The van der Waals surface area contributed by atoms with Gasteiger partial charge in [-0.1, -0.05) is 19.4 Å². The molecule has 0 aromatic rings. The number of aliphatic hydroxyl groups excluding tert-OH is 3. The second-order valence-electron chi connectivity index (χ2n) is 0.767. The van der Waals surface area contributed by atoms with E-state index in [1.54, 1.807) is 22.5 Å². The van der Waals surface area contributed by atoms with Gasteiger partial charge in [-0.3, -0.25) is 0 Å². The third-order valence-corrected chi connectivity index (χ3v) is 0.968. The van der Waals surface area contributed by atoms with Crippen molar-refractivity contribution in [3.8, 4) is 0 Å². The fourth-order valence-corrected chi connectivity index (χ4v) is 0. The van der Waals surface area contributed by atoms with Crippen LogP contribution >= 0.6 is 0 Å². The van der Waals surface area contributed by atoms with Crippen molar-refractivity contribution in [1.82, 2.24) is 0 Å². The maximum absolute atomic E-state index is 8.24. The smallest absolute Gasteiger partial charge is 0.0744 e. The molecule has 13 heavy (non-hydrogen) atoms. The Balaban J connectivity index is -0.0000000420. The summed E-state index contributed by atoms with van der Waals surface area (Å²) < 4.78 is 1.17. The van der Waals surface area contributed by atoms with Crippen LogP contribution in [0.5, 0.6) is 0 Å². The van der Waals surface area contributed by atoms with Crippen LogP contribution in [0.2, 0.25) is 4.44 Å². The quantitative estimate of drug-likeness (QED) is 0.344. The van der Waals surface area contributed by atoms with E-state index in [-0.39, 0.29) is 0 Å². The fraction of sp³-hybridized carbons (Fsp3) is 0.167. The van der Waals surface area contributed by atoms with Crippen molar-refractivity contribution in [3.05, 3.63) is 12.7 Å². The summed E-state index contributed by atoms with van der Waals surface area (Å²) in [5, 5.41) is 20.3. The third-order valence-electron chi connectivity index (χ3n) is 0.144. The third kappa shape index (κ3) is 333000. The molecule has 0 aliphatic rings. The SMILES string of the molecule is C=C[CH2][Sn+3].O=[C-]O.O=[C-]O.O=[C-]O. The second kappa shape index (κ2) is 69.5. The molecule has 0 radical (unpaired) electrons. The van der Waals surface area contributed by atoms with Crippen molar-refractivity contribution >= 4 is 41.9 Å². The van der Waals surface area contributed by atoms with Gasteiger partial charge in [-0.05, 0) is 0 Å². The molecule has 0 bridgehead atoms. The minimum absolute atomic E-state index is 0.500. The van der Waals surface area contributed by atoms with Gasteiger partial charge in [0.05, 0.1) is 0 Å². The average Bonchev–Trinajstić information content (AvgIpc) is 2.08. The molecule has 0 spiro atoms. The van der Waals surface area contributed by atoms with E-state index >= 15 is 0 Å². The number of rotatable bonds is 1. The van der Waals surface area contributed by atoms with Crippen LogP contribution < -0.4 is 0 Å². The summed E-state index contributed by atoms with van der Waals surface area (Å²) in [6.45, 7) is 5.00. The van der Waals surface area contributed by atoms with Gasteiger partial charge in [0, 0.05) is 0 Å². The maximum Gasteiger partial charge on any atom is -0.0744 e. The monoisotopic (exact) mass is 296 g/mol. The van der Waals surface area contributed by atoms with E-state index in [1.807, 2.05) is 6.08 Å². The van der Waals surface area contributed by atoms with Gasteiger partial charge in [-0.2, -0.15) is 0 Å². The van der Waals surface area contributed by atoms with Crippen LogP contribution in [0.1, 0.15) is 0 Å². The predicted octanol–water partition coefficient (Wildman–Crippen LogP) is -0.406. The molecule has 72 valence electrons. The van der Waals surface area contributed by atoms with E-state index in [2.05, 4.69) is 6.58 Å². The largest absolute Gasteiger partial charge is 0.665 e. The summed E-state index contributed by atoms with van der Waals surface area (Å²) in [7, 11) is 0. The molecule has 0 saturated heterocycles. The van der Waals surface area contributed by atoms with Gasteiger partial charge < -0.3 is 29.7 Å². The zero-order valence-corrected chi connectivity index (χ0v) is 9.41. The Labute approximate surface area is 89.0 Å². The Morgan fingerprint density at radius 3 is 1.15 bits per heavy atom. The van der Waals surface area contributed by atoms with E-state index in [1.165, 1.54) is 4.44 Å². The zero-order valence-electron chi connectivity index (χ0n) is 6.56. The summed E-state index contributed by atoms with van der Waals surface area (Å²) in [6, 6.07) is 0. The average molecular weight is 295 g/mol. The summed E-state index contributed by atoms with van der Waals surface area (Å²) >= 11 is 1.55. The van der Waals surface area contributed by atoms with Crippen molar-refractivity contribution in [3.63, 3.8) is 0 Å². The van der Waals surface area contributed by atoms with E-state index in [0.717, 1.165) is 0 Å². The van der Waals surface area contributed by atoms with E-state index in [0.29, 0.717) is 19.4 Å². The van der Waals surface area contributed by atoms with Gasteiger partial charge >= 0.3 is 39.6 Å². The molecule has 0 amide bonds. The van der Waals surface area contributed by atoms with Crippen LogP contribution in [0, 0.1) is 0 Å². The molecule has 0 unspecified atom stereocenters. The Morgan fingerprint density at radius 2 is 1.15 bits per heavy atom. The molecule has 0 fully saturated rings. The summed E-state index contributed by atoms with van der Waals surface area (Å²) in [6.07, 6.45) is 1.92. The minimum atomic E-state index is 0.500. The second-order valence-corrected chi connectivity index (χ2v) is 1.93. The first kappa shape index (κ1) is 22.7. The molecule has 0 aliphatic heterocycles. The van der Waals surface area contributed by atoms with Gasteiger partial charge in [0.1, 0.15) is 0 Å². The topological polar surface area (TPSA) is 112 Å². The first-order valence-corrected chi connectivity index (χ1v) is 4.47. The zero-order chi connectivity index (χ0) is 11.5. The van der Waals surface area contributed by atoms with Crippen molar-refractivity contribution in [2.24, 2.45) is 0 Å². The molecule has 0 rings (SSSR count). The number of hydrogen-bond acceptors (Lipinski definition) is 3. The van der Waals surface area contributed by atoms with Gasteiger partial charge in [0.25, 0.3) is 0 Å². The van der Waals surface area contributed by atoms with Crippen LogP contribution in [0.15, 0.2) is 12.7 Å². The van der Waals surface area contributed by atoms with Crippen LogP contribution in [-0.2, 0) is 14.4 Å². The van der Waals surface area contributed by atoms with Crippen molar-refractivity contribution in [2.75, 3.05) is 0 Å². The molecule has 0 aromatic carbocycles. The first-order valence-electron chi connectivity index (χ1n) is 2.45. The Bertz CT molecular complexity index is 91.0. The van der Waals surface area contributed by atoms with Crippen molar-refractivity contribution in [2.45, 2.75) is 4.44 Å². The molecule has 7 heteroatoms. The molecule has 3 N–H and O–H groups in total. The molecule has 6 nitrogen and oxygen atoms in total. The minimum Gasteiger partial charge on any atom is -0.665 e. The van der Waals surface area contributed by atoms with Crippen LogP contribution in [0.3, 0.4) is 0 Å². The molecule has 0 heterocycles. The van der Waals surface area contributed by atoms with Gasteiger partial charge in [-0.25, -0.2) is 0 Å². The number of hydrogen-bond donors (Lipinski definition) is 3. The standard InChI is InChI=1S/C3H5.3CHO2.Sn/c1-3-2;3*2-1-3;/h3H,1-2H2;3*(H,2,3);/q;3*-1;+3. The van der Waals surface area contributed by atoms with E-state index < -0.39 is 0 Å². The molecular formula is C6H8O6Sn. The molecule has 0 saturated carbocycles. The molecule has 0 aliphatic carbocycles. The van der Waals surface area contributed by atoms with E-state index in [9.17, 15) is 0 Å². The summed E-state index contributed by atoms with van der Waals surface area (Å²) in [5.74, 6) is 0. The molecule has 0 atom stereocenters.